The van der Waals surface area contributed by atoms with Gasteiger partial charge in [-0.25, -0.2) is 4.79 Å². The van der Waals surface area contributed by atoms with E-state index in [1.165, 1.54) is 6.07 Å². The molecule has 0 fully saturated rings. The first kappa shape index (κ1) is 12.3. The average molecular weight is 259 g/mol. The SMILES string of the molecule is COc1cc2cc(C(=O)O)[nH]c2cc1C(F)(F)F. The normalized spacial score (nSPS) is 11.8. The van der Waals surface area contributed by atoms with Crippen LogP contribution in [0.1, 0.15) is 16.1 Å². The van der Waals surface area contributed by atoms with Gasteiger partial charge in [-0.2, -0.15) is 13.2 Å². The molecule has 0 aliphatic carbocycles. The highest BCUT2D eigenvalue weighted by atomic mass is 19.4. The molecule has 18 heavy (non-hydrogen) atoms. The first-order chi connectivity index (χ1) is 8.32. The number of alkyl halides is 3. The van der Waals surface area contributed by atoms with Crippen LogP contribution in [-0.4, -0.2) is 23.2 Å². The van der Waals surface area contributed by atoms with Crippen molar-refractivity contribution in [3.8, 4) is 5.75 Å². The maximum absolute atomic E-state index is 12.7. The lowest BCUT2D eigenvalue weighted by Gasteiger charge is -2.11. The van der Waals surface area contributed by atoms with Crippen LogP contribution in [0.2, 0.25) is 0 Å². The molecule has 0 saturated carbocycles. The van der Waals surface area contributed by atoms with E-state index in [0.717, 1.165) is 19.2 Å². The Bertz CT molecular complexity index is 616. The Morgan fingerprint density at radius 3 is 2.50 bits per heavy atom. The number of aromatic amines is 1. The van der Waals surface area contributed by atoms with Gasteiger partial charge in [0.1, 0.15) is 11.4 Å². The highest BCUT2D eigenvalue weighted by Gasteiger charge is 2.34. The molecule has 0 amide bonds. The number of H-pyrrole nitrogens is 1. The fourth-order valence-corrected chi connectivity index (χ4v) is 1.67. The van der Waals surface area contributed by atoms with E-state index >= 15 is 0 Å². The van der Waals surface area contributed by atoms with Crippen molar-refractivity contribution in [1.82, 2.24) is 4.98 Å². The van der Waals surface area contributed by atoms with E-state index in [-0.39, 0.29) is 17.0 Å². The number of aromatic carboxylic acids is 1. The highest BCUT2D eigenvalue weighted by molar-refractivity contribution is 5.94. The first-order valence-electron chi connectivity index (χ1n) is 4.84. The van der Waals surface area contributed by atoms with Crippen LogP contribution in [0.15, 0.2) is 18.2 Å². The summed E-state index contributed by atoms with van der Waals surface area (Å²) < 4.78 is 42.8. The maximum atomic E-state index is 12.7. The van der Waals surface area contributed by atoms with Crippen molar-refractivity contribution >= 4 is 16.9 Å². The van der Waals surface area contributed by atoms with Gasteiger partial charge in [-0.05, 0) is 18.2 Å². The number of benzene rings is 1. The second-order valence-corrected chi connectivity index (χ2v) is 3.63. The second-order valence-electron chi connectivity index (χ2n) is 3.63. The van der Waals surface area contributed by atoms with Gasteiger partial charge in [-0.15, -0.1) is 0 Å². The zero-order valence-electron chi connectivity index (χ0n) is 9.13. The van der Waals surface area contributed by atoms with Crippen LogP contribution in [0.5, 0.6) is 5.75 Å². The molecule has 0 saturated heterocycles. The first-order valence-corrected chi connectivity index (χ1v) is 4.84. The Morgan fingerprint density at radius 1 is 1.33 bits per heavy atom. The zero-order valence-corrected chi connectivity index (χ0v) is 9.13. The van der Waals surface area contributed by atoms with Gasteiger partial charge in [0.15, 0.2) is 0 Å². The lowest BCUT2D eigenvalue weighted by atomic mass is 10.1. The summed E-state index contributed by atoms with van der Waals surface area (Å²) in [5.74, 6) is -1.58. The second kappa shape index (κ2) is 3.94. The van der Waals surface area contributed by atoms with Crippen LogP contribution in [0.4, 0.5) is 13.2 Å². The van der Waals surface area contributed by atoms with Crippen LogP contribution in [0, 0.1) is 0 Å². The van der Waals surface area contributed by atoms with Crippen LogP contribution >= 0.6 is 0 Å². The molecule has 1 aromatic heterocycles. The number of hydrogen-bond donors (Lipinski definition) is 2. The van der Waals surface area contributed by atoms with Crippen molar-refractivity contribution in [2.75, 3.05) is 7.11 Å². The van der Waals surface area contributed by atoms with Crippen molar-refractivity contribution in [3.05, 3.63) is 29.5 Å². The molecule has 4 nitrogen and oxygen atoms in total. The number of carboxylic acid groups (broad SMARTS) is 1. The van der Waals surface area contributed by atoms with Gasteiger partial charge in [-0.1, -0.05) is 0 Å². The molecule has 2 N–H and O–H groups in total. The Hall–Kier alpha value is -2.18. The molecule has 2 rings (SSSR count). The Kier molecular flexibility index (Phi) is 2.68. The van der Waals surface area contributed by atoms with Crippen molar-refractivity contribution in [2.24, 2.45) is 0 Å². The molecular weight excluding hydrogens is 251 g/mol. The van der Waals surface area contributed by atoms with Crippen molar-refractivity contribution in [3.63, 3.8) is 0 Å². The molecule has 0 radical (unpaired) electrons. The lowest BCUT2D eigenvalue weighted by Crippen LogP contribution is -2.07. The maximum Gasteiger partial charge on any atom is 0.420 e. The van der Waals surface area contributed by atoms with E-state index in [9.17, 15) is 18.0 Å². The monoisotopic (exact) mass is 259 g/mol. The molecule has 1 aromatic carbocycles. The number of aromatic nitrogens is 1. The summed E-state index contributed by atoms with van der Waals surface area (Å²) in [5.41, 5.74) is -1.02. The summed E-state index contributed by atoms with van der Waals surface area (Å²) in [5, 5.41) is 9.10. The standard InChI is InChI=1S/C11H8F3NO3/c1-18-9-3-5-2-8(10(16)17)15-7(5)4-6(9)11(12,13)14/h2-4,15H,1H3,(H,16,17). The van der Waals surface area contributed by atoms with Gasteiger partial charge < -0.3 is 14.8 Å². The third-order valence-corrected chi connectivity index (χ3v) is 2.48. The average Bonchev–Trinajstić information content (AvgIpc) is 2.68. The smallest absolute Gasteiger partial charge is 0.420 e. The van der Waals surface area contributed by atoms with Crippen molar-refractivity contribution in [1.29, 1.82) is 0 Å². The van der Waals surface area contributed by atoms with E-state index in [1.807, 2.05) is 0 Å². The molecule has 1 heterocycles. The number of halogens is 3. The molecule has 0 bridgehead atoms. The molecule has 0 aliphatic heterocycles. The largest absolute Gasteiger partial charge is 0.496 e. The predicted octanol–water partition coefficient (Wildman–Crippen LogP) is 2.89. The molecule has 0 aliphatic rings. The van der Waals surface area contributed by atoms with Crippen molar-refractivity contribution in [2.45, 2.75) is 6.18 Å². The van der Waals surface area contributed by atoms with E-state index in [2.05, 4.69) is 9.72 Å². The predicted molar refractivity (Wildman–Crippen MR) is 56.8 cm³/mol. The van der Waals surface area contributed by atoms with Gasteiger partial charge in [0.05, 0.1) is 12.7 Å². The fourth-order valence-electron chi connectivity index (χ4n) is 1.67. The summed E-state index contributed by atoms with van der Waals surface area (Å²) in [6.07, 6.45) is -4.56. The highest BCUT2D eigenvalue weighted by Crippen LogP contribution is 2.38. The molecule has 0 atom stereocenters. The summed E-state index contributed by atoms with van der Waals surface area (Å²) in [6, 6.07) is 3.24. The number of carbonyl (C=O) groups is 1. The number of fused-ring (bicyclic) bond motifs is 1. The minimum atomic E-state index is -4.56. The van der Waals surface area contributed by atoms with Crippen LogP contribution in [-0.2, 0) is 6.18 Å². The summed E-state index contributed by atoms with van der Waals surface area (Å²) in [6.45, 7) is 0. The van der Waals surface area contributed by atoms with Gasteiger partial charge in [-0.3, -0.25) is 0 Å². The topological polar surface area (TPSA) is 62.3 Å². The van der Waals surface area contributed by atoms with Gasteiger partial charge in [0.2, 0.25) is 0 Å². The van der Waals surface area contributed by atoms with Crippen molar-refractivity contribution < 1.29 is 27.8 Å². The van der Waals surface area contributed by atoms with E-state index in [1.54, 1.807) is 0 Å². The third-order valence-electron chi connectivity index (χ3n) is 2.48. The molecule has 2 aromatic rings. The minimum absolute atomic E-state index is 0.0977. The summed E-state index contributed by atoms with van der Waals surface area (Å²) in [7, 11) is 1.13. The van der Waals surface area contributed by atoms with Gasteiger partial charge in [0.25, 0.3) is 0 Å². The lowest BCUT2D eigenvalue weighted by molar-refractivity contribution is -0.138. The molecule has 7 heteroatoms. The van der Waals surface area contributed by atoms with E-state index in [4.69, 9.17) is 5.11 Å². The fraction of sp³-hybridized carbons (Fsp3) is 0.182. The number of hydrogen-bond acceptors (Lipinski definition) is 2. The number of ether oxygens (including phenoxy) is 1. The van der Waals surface area contributed by atoms with E-state index in [0.29, 0.717) is 5.39 Å². The number of nitrogens with one attached hydrogen (secondary N) is 1. The summed E-state index contributed by atoms with van der Waals surface area (Å²) >= 11 is 0. The Labute approximate surface area is 99.0 Å². The molecular formula is C11H8F3NO3. The number of carboxylic acids is 1. The molecule has 0 spiro atoms. The zero-order chi connectivity index (χ0) is 13.5. The van der Waals surface area contributed by atoms with Crippen LogP contribution < -0.4 is 4.74 Å². The number of methoxy groups -OCH3 is 1. The van der Waals surface area contributed by atoms with E-state index < -0.39 is 17.7 Å². The minimum Gasteiger partial charge on any atom is -0.496 e. The van der Waals surface area contributed by atoms with Gasteiger partial charge in [0, 0.05) is 10.9 Å². The Morgan fingerprint density at radius 2 is 2.00 bits per heavy atom. The quantitative estimate of drug-likeness (QED) is 0.871. The summed E-state index contributed by atoms with van der Waals surface area (Å²) in [4.78, 5) is 13.1. The van der Waals surface area contributed by atoms with Crippen LogP contribution in [0.3, 0.4) is 0 Å². The Balaban J connectivity index is 2.69. The molecule has 96 valence electrons. The third kappa shape index (κ3) is 1.99. The van der Waals surface area contributed by atoms with Gasteiger partial charge >= 0.3 is 12.1 Å². The molecule has 0 unspecified atom stereocenters. The number of rotatable bonds is 2. The van der Waals surface area contributed by atoms with Crippen LogP contribution in [0.25, 0.3) is 10.9 Å².